The van der Waals surface area contributed by atoms with Crippen LogP contribution < -0.4 is 5.32 Å². The summed E-state index contributed by atoms with van der Waals surface area (Å²) in [5, 5.41) is 7.42. The standard InChI is InChI=1S/C24H24N4O/c1-16-9-7-8-12-20(16)13-21-17(2)27-23-22(15-26-28(23)18(21)3)24(29)25-14-19-10-5-4-6-11-19/h4-12,15H,13-14H2,1-3H3,(H,25,29). The van der Waals surface area contributed by atoms with Crippen molar-refractivity contribution in [2.24, 2.45) is 0 Å². The van der Waals surface area contributed by atoms with Crippen LogP contribution in [0.4, 0.5) is 0 Å². The zero-order valence-corrected chi connectivity index (χ0v) is 16.9. The quantitative estimate of drug-likeness (QED) is 0.562. The van der Waals surface area contributed by atoms with E-state index in [0.29, 0.717) is 17.8 Å². The maximum absolute atomic E-state index is 12.7. The van der Waals surface area contributed by atoms with Gasteiger partial charge in [0.1, 0.15) is 5.56 Å². The van der Waals surface area contributed by atoms with Crippen molar-refractivity contribution in [3.8, 4) is 0 Å². The van der Waals surface area contributed by atoms with Gasteiger partial charge in [0.25, 0.3) is 5.91 Å². The van der Waals surface area contributed by atoms with E-state index in [2.05, 4.69) is 35.5 Å². The minimum absolute atomic E-state index is 0.165. The van der Waals surface area contributed by atoms with Gasteiger partial charge in [-0.3, -0.25) is 4.79 Å². The fraction of sp³-hybridized carbons (Fsp3) is 0.208. The topological polar surface area (TPSA) is 59.3 Å². The van der Waals surface area contributed by atoms with Gasteiger partial charge < -0.3 is 5.32 Å². The molecule has 0 aliphatic heterocycles. The lowest BCUT2D eigenvalue weighted by Gasteiger charge is -2.13. The molecule has 0 saturated heterocycles. The summed E-state index contributed by atoms with van der Waals surface area (Å²) in [4.78, 5) is 17.5. The Morgan fingerprint density at radius 1 is 1.00 bits per heavy atom. The number of hydrogen-bond acceptors (Lipinski definition) is 3. The summed E-state index contributed by atoms with van der Waals surface area (Å²) in [5.41, 5.74) is 7.76. The molecule has 0 saturated carbocycles. The third-order valence-corrected chi connectivity index (χ3v) is 5.38. The maximum atomic E-state index is 12.7. The first-order valence-electron chi connectivity index (χ1n) is 9.75. The number of fused-ring (bicyclic) bond motifs is 1. The van der Waals surface area contributed by atoms with Crippen LogP contribution in [0.25, 0.3) is 5.65 Å². The van der Waals surface area contributed by atoms with Gasteiger partial charge in [-0.2, -0.15) is 5.10 Å². The van der Waals surface area contributed by atoms with Gasteiger partial charge in [-0.25, -0.2) is 9.50 Å². The first kappa shape index (κ1) is 18.9. The van der Waals surface area contributed by atoms with Gasteiger partial charge in [-0.05, 0) is 43.0 Å². The number of amides is 1. The maximum Gasteiger partial charge on any atom is 0.257 e. The number of carbonyl (C=O) groups is 1. The van der Waals surface area contributed by atoms with Crippen molar-refractivity contribution < 1.29 is 4.79 Å². The number of nitrogens with one attached hydrogen (secondary N) is 1. The molecule has 2 heterocycles. The van der Waals surface area contributed by atoms with E-state index in [0.717, 1.165) is 28.9 Å². The number of carbonyl (C=O) groups excluding carboxylic acids is 1. The van der Waals surface area contributed by atoms with Crippen LogP contribution in [-0.4, -0.2) is 20.5 Å². The average molecular weight is 384 g/mol. The first-order chi connectivity index (χ1) is 14.0. The zero-order valence-electron chi connectivity index (χ0n) is 16.9. The van der Waals surface area contributed by atoms with E-state index in [9.17, 15) is 4.79 Å². The highest BCUT2D eigenvalue weighted by molar-refractivity contribution is 5.99. The van der Waals surface area contributed by atoms with E-state index in [-0.39, 0.29) is 5.91 Å². The van der Waals surface area contributed by atoms with Gasteiger partial charge in [-0.1, -0.05) is 54.6 Å². The Hall–Kier alpha value is -3.47. The van der Waals surface area contributed by atoms with Crippen molar-refractivity contribution in [3.05, 3.63) is 100.0 Å². The number of aryl methyl sites for hydroxylation is 3. The first-order valence-corrected chi connectivity index (χ1v) is 9.75. The summed E-state index contributed by atoms with van der Waals surface area (Å²) in [6.45, 7) is 6.63. The van der Waals surface area contributed by atoms with E-state index in [1.165, 1.54) is 11.1 Å². The molecule has 4 aromatic rings. The van der Waals surface area contributed by atoms with Gasteiger partial charge in [0.05, 0.1) is 6.20 Å². The Bertz CT molecular complexity index is 1180. The molecule has 4 rings (SSSR count). The summed E-state index contributed by atoms with van der Waals surface area (Å²) in [5.74, 6) is -0.165. The second kappa shape index (κ2) is 7.87. The number of rotatable bonds is 5. The highest BCUT2D eigenvalue weighted by Crippen LogP contribution is 2.21. The molecule has 5 nitrogen and oxygen atoms in total. The minimum atomic E-state index is -0.165. The molecule has 0 aliphatic carbocycles. The number of benzene rings is 2. The summed E-state index contributed by atoms with van der Waals surface area (Å²) in [6.07, 6.45) is 2.40. The largest absolute Gasteiger partial charge is 0.348 e. The van der Waals surface area contributed by atoms with Crippen LogP contribution in [0.15, 0.2) is 60.8 Å². The summed E-state index contributed by atoms with van der Waals surface area (Å²) < 4.78 is 1.78. The molecular weight excluding hydrogens is 360 g/mol. The third-order valence-electron chi connectivity index (χ3n) is 5.38. The highest BCUT2D eigenvalue weighted by Gasteiger charge is 2.18. The Morgan fingerprint density at radius 3 is 2.48 bits per heavy atom. The van der Waals surface area contributed by atoms with Crippen molar-refractivity contribution in [2.45, 2.75) is 33.7 Å². The molecular formula is C24H24N4O. The molecule has 5 heteroatoms. The molecule has 1 amide bonds. The van der Waals surface area contributed by atoms with Crippen LogP contribution in [0.3, 0.4) is 0 Å². The fourth-order valence-corrected chi connectivity index (χ4v) is 3.60. The lowest BCUT2D eigenvalue weighted by atomic mass is 9.99. The Balaban J connectivity index is 1.63. The highest BCUT2D eigenvalue weighted by atomic mass is 16.1. The Kier molecular flexibility index (Phi) is 5.12. The molecule has 0 bridgehead atoms. The van der Waals surface area contributed by atoms with E-state index >= 15 is 0 Å². The van der Waals surface area contributed by atoms with Crippen LogP contribution in [0.5, 0.6) is 0 Å². The number of nitrogens with zero attached hydrogens (tertiary/aromatic N) is 3. The molecule has 0 spiro atoms. The predicted octanol–water partition coefficient (Wildman–Crippen LogP) is 4.18. The second-order valence-corrected chi connectivity index (χ2v) is 7.33. The molecule has 2 aromatic carbocycles. The number of hydrogen-bond donors (Lipinski definition) is 1. The van der Waals surface area contributed by atoms with Crippen molar-refractivity contribution in [1.29, 1.82) is 0 Å². The minimum Gasteiger partial charge on any atom is -0.348 e. The third kappa shape index (κ3) is 3.76. The lowest BCUT2D eigenvalue weighted by Crippen LogP contribution is -2.23. The van der Waals surface area contributed by atoms with Crippen molar-refractivity contribution in [1.82, 2.24) is 19.9 Å². The normalized spacial score (nSPS) is 11.0. The molecule has 29 heavy (non-hydrogen) atoms. The lowest BCUT2D eigenvalue weighted by molar-refractivity contribution is 0.0952. The molecule has 2 aromatic heterocycles. The summed E-state index contributed by atoms with van der Waals surface area (Å²) >= 11 is 0. The number of aromatic nitrogens is 3. The molecule has 0 fully saturated rings. The molecule has 146 valence electrons. The molecule has 0 aliphatic rings. The van der Waals surface area contributed by atoms with E-state index < -0.39 is 0 Å². The van der Waals surface area contributed by atoms with Gasteiger partial charge in [0, 0.05) is 24.4 Å². The fourth-order valence-electron chi connectivity index (χ4n) is 3.60. The molecule has 0 atom stereocenters. The van der Waals surface area contributed by atoms with Gasteiger partial charge in [0.15, 0.2) is 5.65 Å². The predicted molar refractivity (Wildman–Crippen MR) is 114 cm³/mol. The summed E-state index contributed by atoms with van der Waals surface area (Å²) in [7, 11) is 0. The average Bonchev–Trinajstić information content (AvgIpc) is 3.15. The van der Waals surface area contributed by atoms with Crippen LogP contribution >= 0.6 is 0 Å². The van der Waals surface area contributed by atoms with Gasteiger partial charge in [-0.15, -0.1) is 0 Å². The Morgan fingerprint density at radius 2 is 1.72 bits per heavy atom. The van der Waals surface area contributed by atoms with Crippen LogP contribution in [0.2, 0.25) is 0 Å². The van der Waals surface area contributed by atoms with Crippen molar-refractivity contribution in [2.75, 3.05) is 0 Å². The SMILES string of the molecule is Cc1ccccc1Cc1c(C)nc2c(C(=O)NCc3ccccc3)cnn2c1C. The van der Waals surface area contributed by atoms with Crippen LogP contribution in [0.1, 0.15) is 44.0 Å². The van der Waals surface area contributed by atoms with Crippen LogP contribution in [-0.2, 0) is 13.0 Å². The Labute approximate surface area is 170 Å². The van der Waals surface area contributed by atoms with Gasteiger partial charge >= 0.3 is 0 Å². The van der Waals surface area contributed by atoms with E-state index in [4.69, 9.17) is 4.98 Å². The molecule has 0 unspecified atom stereocenters. The molecule has 1 N–H and O–H groups in total. The van der Waals surface area contributed by atoms with E-state index in [1.54, 1.807) is 10.7 Å². The van der Waals surface area contributed by atoms with Crippen molar-refractivity contribution >= 4 is 11.6 Å². The molecule has 0 radical (unpaired) electrons. The second-order valence-electron chi connectivity index (χ2n) is 7.33. The van der Waals surface area contributed by atoms with Crippen LogP contribution in [0, 0.1) is 20.8 Å². The zero-order chi connectivity index (χ0) is 20.4. The summed E-state index contributed by atoms with van der Waals surface area (Å²) in [6, 6.07) is 18.2. The van der Waals surface area contributed by atoms with E-state index in [1.807, 2.05) is 50.2 Å². The van der Waals surface area contributed by atoms with Gasteiger partial charge in [0.2, 0.25) is 0 Å². The monoisotopic (exact) mass is 384 g/mol. The van der Waals surface area contributed by atoms with Crippen molar-refractivity contribution in [3.63, 3.8) is 0 Å². The smallest absolute Gasteiger partial charge is 0.257 e.